The molecule has 0 aromatic heterocycles. The number of amides is 2. The smallest absolute Gasteiger partial charge is 0.222 e. The first-order chi connectivity index (χ1) is 6.61. The minimum atomic E-state index is -0.338. The summed E-state index contributed by atoms with van der Waals surface area (Å²) in [6.07, 6.45) is 3.99. The maximum Gasteiger partial charge on any atom is 0.222 e. The number of nitrogens with zero attached hydrogens (tertiary/aromatic N) is 1. The SMILES string of the molecule is CC(CC(N)=O)N1CCCCCC1=O. The highest BCUT2D eigenvalue weighted by atomic mass is 16.2. The third-order valence-electron chi connectivity index (χ3n) is 2.64. The van der Waals surface area contributed by atoms with Gasteiger partial charge in [0.15, 0.2) is 0 Å². The summed E-state index contributed by atoms with van der Waals surface area (Å²) < 4.78 is 0. The molecule has 80 valence electrons. The van der Waals surface area contributed by atoms with Gasteiger partial charge in [0.2, 0.25) is 11.8 Å². The second-order valence-corrected chi connectivity index (χ2v) is 3.92. The van der Waals surface area contributed by atoms with Gasteiger partial charge in [-0.05, 0) is 19.8 Å². The van der Waals surface area contributed by atoms with Gasteiger partial charge in [0.25, 0.3) is 0 Å². The van der Waals surface area contributed by atoms with E-state index in [1.165, 1.54) is 0 Å². The van der Waals surface area contributed by atoms with E-state index >= 15 is 0 Å². The Morgan fingerprint density at radius 2 is 2.21 bits per heavy atom. The van der Waals surface area contributed by atoms with E-state index in [0.717, 1.165) is 25.8 Å². The lowest BCUT2D eigenvalue weighted by Crippen LogP contribution is -2.40. The molecule has 1 heterocycles. The van der Waals surface area contributed by atoms with Crippen LogP contribution in [0.15, 0.2) is 0 Å². The molecule has 0 aromatic rings. The van der Waals surface area contributed by atoms with Crippen molar-refractivity contribution in [2.75, 3.05) is 6.54 Å². The van der Waals surface area contributed by atoms with Crippen LogP contribution in [0.2, 0.25) is 0 Å². The monoisotopic (exact) mass is 198 g/mol. The molecule has 1 saturated heterocycles. The molecular formula is C10H18N2O2. The lowest BCUT2D eigenvalue weighted by molar-refractivity contribution is -0.133. The first-order valence-electron chi connectivity index (χ1n) is 5.19. The van der Waals surface area contributed by atoms with Gasteiger partial charge < -0.3 is 10.6 Å². The number of rotatable bonds is 3. The Balaban J connectivity index is 2.54. The number of carbonyl (C=O) groups excluding carboxylic acids is 2. The van der Waals surface area contributed by atoms with Crippen molar-refractivity contribution in [2.24, 2.45) is 5.73 Å². The summed E-state index contributed by atoms with van der Waals surface area (Å²) in [6, 6.07) is -0.0434. The van der Waals surface area contributed by atoms with Crippen molar-refractivity contribution in [3.63, 3.8) is 0 Å². The molecule has 0 aromatic carbocycles. The predicted molar refractivity (Wildman–Crippen MR) is 53.5 cm³/mol. The van der Waals surface area contributed by atoms with E-state index < -0.39 is 0 Å². The van der Waals surface area contributed by atoms with E-state index in [-0.39, 0.29) is 24.3 Å². The molecule has 0 bridgehead atoms. The Bertz CT molecular complexity index is 228. The zero-order valence-electron chi connectivity index (χ0n) is 8.66. The van der Waals surface area contributed by atoms with E-state index in [0.29, 0.717) is 6.42 Å². The van der Waals surface area contributed by atoms with Crippen molar-refractivity contribution in [3.8, 4) is 0 Å². The lowest BCUT2D eigenvalue weighted by atomic mass is 10.2. The Morgan fingerprint density at radius 1 is 1.50 bits per heavy atom. The summed E-state index contributed by atoms with van der Waals surface area (Å²) in [6.45, 7) is 2.65. The molecule has 1 unspecified atom stereocenters. The van der Waals surface area contributed by atoms with E-state index in [9.17, 15) is 9.59 Å². The zero-order valence-corrected chi connectivity index (χ0v) is 8.66. The maximum atomic E-state index is 11.6. The molecule has 4 heteroatoms. The fourth-order valence-electron chi connectivity index (χ4n) is 1.87. The van der Waals surface area contributed by atoms with Gasteiger partial charge in [0.05, 0.1) is 0 Å². The first kappa shape index (κ1) is 11.0. The number of nitrogens with two attached hydrogens (primary N) is 1. The fraction of sp³-hybridized carbons (Fsp3) is 0.800. The molecule has 0 spiro atoms. The summed E-state index contributed by atoms with van der Waals surface area (Å²) in [7, 11) is 0. The number of hydrogen-bond donors (Lipinski definition) is 1. The van der Waals surface area contributed by atoms with Crippen LogP contribution in [0.4, 0.5) is 0 Å². The Morgan fingerprint density at radius 3 is 2.86 bits per heavy atom. The van der Waals surface area contributed by atoms with Crippen LogP contribution in [0.1, 0.15) is 39.0 Å². The van der Waals surface area contributed by atoms with E-state index in [2.05, 4.69) is 0 Å². The van der Waals surface area contributed by atoms with Gasteiger partial charge in [-0.25, -0.2) is 0 Å². The highest BCUT2D eigenvalue weighted by Crippen LogP contribution is 2.15. The topological polar surface area (TPSA) is 63.4 Å². The van der Waals surface area contributed by atoms with E-state index in [1.807, 2.05) is 6.92 Å². The molecule has 1 fully saturated rings. The summed E-state index contributed by atoms with van der Waals surface area (Å²) in [5.74, 6) is -0.175. The molecule has 0 aliphatic carbocycles. The van der Waals surface area contributed by atoms with Crippen LogP contribution in [0.5, 0.6) is 0 Å². The van der Waals surface area contributed by atoms with Crippen LogP contribution < -0.4 is 5.73 Å². The van der Waals surface area contributed by atoms with Gasteiger partial charge in [0, 0.05) is 25.4 Å². The molecule has 4 nitrogen and oxygen atoms in total. The van der Waals surface area contributed by atoms with Gasteiger partial charge in [-0.2, -0.15) is 0 Å². The zero-order chi connectivity index (χ0) is 10.6. The lowest BCUT2D eigenvalue weighted by Gasteiger charge is -2.27. The third-order valence-corrected chi connectivity index (χ3v) is 2.64. The molecule has 1 rings (SSSR count). The van der Waals surface area contributed by atoms with E-state index in [1.54, 1.807) is 4.90 Å². The molecule has 1 aliphatic rings. The van der Waals surface area contributed by atoms with Crippen molar-refractivity contribution in [3.05, 3.63) is 0 Å². The average Bonchev–Trinajstić information content (AvgIpc) is 2.28. The maximum absolute atomic E-state index is 11.6. The molecule has 14 heavy (non-hydrogen) atoms. The van der Waals surface area contributed by atoms with Crippen molar-refractivity contribution in [1.82, 2.24) is 4.90 Å². The number of carbonyl (C=O) groups is 2. The summed E-state index contributed by atoms with van der Waals surface area (Å²) in [4.78, 5) is 24.1. The van der Waals surface area contributed by atoms with Crippen LogP contribution in [-0.4, -0.2) is 29.3 Å². The quantitative estimate of drug-likeness (QED) is 0.723. The molecule has 2 N–H and O–H groups in total. The number of likely N-dealkylation sites (tertiary alicyclic amines) is 1. The van der Waals surface area contributed by atoms with Gasteiger partial charge in [-0.3, -0.25) is 9.59 Å². The second kappa shape index (κ2) is 4.98. The highest BCUT2D eigenvalue weighted by Gasteiger charge is 2.22. The standard InChI is InChI=1S/C10H18N2O2/c1-8(7-9(11)13)12-6-4-2-3-5-10(12)14/h8H,2-7H2,1H3,(H2,11,13). The van der Waals surface area contributed by atoms with Crippen LogP contribution in [0, 0.1) is 0 Å². The van der Waals surface area contributed by atoms with Crippen LogP contribution in [0.3, 0.4) is 0 Å². The van der Waals surface area contributed by atoms with Gasteiger partial charge in [0.1, 0.15) is 0 Å². The average molecular weight is 198 g/mol. The molecule has 0 radical (unpaired) electrons. The van der Waals surface area contributed by atoms with Crippen molar-refractivity contribution < 1.29 is 9.59 Å². The summed E-state index contributed by atoms with van der Waals surface area (Å²) in [5.41, 5.74) is 5.11. The summed E-state index contributed by atoms with van der Waals surface area (Å²) in [5, 5.41) is 0. The third kappa shape index (κ3) is 3.01. The minimum Gasteiger partial charge on any atom is -0.370 e. The highest BCUT2D eigenvalue weighted by molar-refractivity contribution is 5.79. The van der Waals surface area contributed by atoms with Crippen molar-refractivity contribution >= 4 is 11.8 Å². The Labute approximate surface area is 84.4 Å². The van der Waals surface area contributed by atoms with Crippen molar-refractivity contribution in [2.45, 2.75) is 45.1 Å². The fourth-order valence-corrected chi connectivity index (χ4v) is 1.87. The second-order valence-electron chi connectivity index (χ2n) is 3.92. The molecule has 0 saturated carbocycles. The Kier molecular flexibility index (Phi) is 3.92. The molecule has 1 aliphatic heterocycles. The van der Waals surface area contributed by atoms with Crippen LogP contribution >= 0.6 is 0 Å². The molecular weight excluding hydrogens is 180 g/mol. The minimum absolute atomic E-state index is 0.0434. The molecule has 1 atom stereocenters. The first-order valence-corrected chi connectivity index (χ1v) is 5.19. The predicted octanol–water partition coefficient (Wildman–Crippen LogP) is 0.653. The van der Waals surface area contributed by atoms with E-state index in [4.69, 9.17) is 5.73 Å². The van der Waals surface area contributed by atoms with Gasteiger partial charge in [-0.15, -0.1) is 0 Å². The molecule has 2 amide bonds. The normalized spacial score (nSPS) is 20.4. The van der Waals surface area contributed by atoms with Gasteiger partial charge in [-0.1, -0.05) is 6.42 Å². The van der Waals surface area contributed by atoms with Gasteiger partial charge >= 0.3 is 0 Å². The number of hydrogen-bond acceptors (Lipinski definition) is 2. The largest absolute Gasteiger partial charge is 0.370 e. The van der Waals surface area contributed by atoms with Crippen LogP contribution in [-0.2, 0) is 9.59 Å². The Hall–Kier alpha value is -1.06. The summed E-state index contributed by atoms with van der Waals surface area (Å²) >= 11 is 0. The van der Waals surface area contributed by atoms with Crippen molar-refractivity contribution in [1.29, 1.82) is 0 Å². The number of primary amides is 1. The van der Waals surface area contributed by atoms with Crippen LogP contribution in [0.25, 0.3) is 0 Å².